The Balaban J connectivity index is 2.04. The van der Waals surface area contributed by atoms with Gasteiger partial charge in [-0.05, 0) is 32.3 Å². The summed E-state index contributed by atoms with van der Waals surface area (Å²) in [5, 5.41) is 4.76. The van der Waals surface area contributed by atoms with Crippen LogP contribution in [0.15, 0.2) is 54.6 Å². The number of hydrogen-bond acceptors (Lipinski definition) is 2. The van der Waals surface area contributed by atoms with Gasteiger partial charge < -0.3 is 4.74 Å². The maximum atomic E-state index is 13.6. The Morgan fingerprint density at radius 1 is 0.923 bits per heavy atom. The van der Waals surface area contributed by atoms with Gasteiger partial charge >= 0.3 is 12.1 Å². The summed E-state index contributed by atoms with van der Waals surface area (Å²) in [5.41, 5.74) is -0.0956. The number of benzene rings is 4. The van der Waals surface area contributed by atoms with Crippen molar-refractivity contribution >= 4 is 49.9 Å². The van der Waals surface area contributed by atoms with Crippen LogP contribution in [-0.2, 0) is 9.53 Å². The highest BCUT2D eigenvalue weighted by atomic mass is 35.5. The summed E-state index contributed by atoms with van der Waals surface area (Å²) < 4.78 is 45.5. The zero-order chi connectivity index (χ0) is 18.5. The van der Waals surface area contributed by atoms with Crippen LogP contribution in [0.5, 0.6) is 0 Å². The molecule has 4 aromatic carbocycles. The molecular formula is C20H12ClF3O2. The Bertz CT molecular complexity index is 1100. The fourth-order valence-electron chi connectivity index (χ4n) is 3.46. The predicted molar refractivity (Wildman–Crippen MR) is 95.8 cm³/mol. The van der Waals surface area contributed by atoms with E-state index in [1.54, 1.807) is 18.2 Å². The minimum absolute atomic E-state index is 0.0956. The summed E-state index contributed by atoms with van der Waals surface area (Å²) in [6.07, 6.45) is -7.11. The molecule has 0 radical (unpaired) electrons. The van der Waals surface area contributed by atoms with Crippen molar-refractivity contribution in [3.8, 4) is 0 Å². The molecule has 0 heterocycles. The molecule has 0 aliphatic carbocycles. The molecule has 26 heavy (non-hydrogen) atoms. The Morgan fingerprint density at radius 2 is 1.50 bits per heavy atom. The molecule has 0 aromatic heterocycles. The Hall–Kier alpha value is -2.53. The first-order chi connectivity index (χ1) is 12.4. The molecule has 0 saturated carbocycles. The van der Waals surface area contributed by atoms with E-state index >= 15 is 0 Å². The molecular weight excluding hydrogens is 365 g/mol. The van der Waals surface area contributed by atoms with Crippen molar-refractivity contribution in [2.24, 2.45) is 0 Å². The molecule has 0 aliphatic rings. The van der Waals surface area contributed by atoms with Gasteiger partial charge in [-0.15, -0.1) is 11.6 Å². The molecule has 132 valence electrons. The lowest BCUT2D eigenvalue weighted by atomic mass is 9.90. The number of esters is 1. The Kier molecular flexibility index (Phi) is 3.92. The first kappa shape index (κ1) is 16.9. The molecule has 0 N–H and O–H groups in total. The monoisotopic (exact) mass is 376 g/mol. The minimum Gasteiger partial charge on any atom is -0.447 e. The highest BCUT2D eigenvalue weighted by Crippen LogP contribution is 2.43. The number of carbonyl (C=O) groups excluding carboxylic acids is 1. The molecule has 0 bridgehead atoms. The lowest BCUT2D eigenvalue weighted by Crippen LogP contribution is -2.27. The Labute approximate surface area is 151 Å². The molecule has 0 saturated heterocycles. The molecule has 0 amide bonds. The number of hydrogen-bond donors (Lipinski definition) is 0. The summed E-state index contributed by atoms with van der Waals surface area (Å²) >= 11 is 5.33. The topological polar surface area (TPSA) is 26.3 Å². The fraction of sp³-hybridized carbons (Fsp3) is 0.150. The standard InChI is InChI=1S/C20H12ClF3O2/c21-10-16(25)26-19(20(22,23)24)15-9-7-13-5-4-11-2-1-3-12-6-8-14(15)18(13)17(11)12/h1-9,19H,10H2/t19-/m0/s1. The first-order valence-electron chi connectivity index (χ1n) is 7.89. The molecule has 1 atom stereocenters. The molecule has 0 aliphatic heterocycles. The summed E-state index contributed by atoms with van der Waals surface area (Å²) in [5.74, 6) is -1.75. The van der Waals surface area contributed by atoms with Gasteiger partial charge in [0, 0.05) is 5.56 Å². The SMILES string of the molecule is O=C(CCl)O[C@@H](c1ccc2ccc3cccc4ccc1c2c34)C(F)(F)F. The van der Waals surface area contributed by atoms with Crippen LogP contribution in [0.3, 0.4) is 0 Å². The maximum absolute atomic E-state index is 13.6. The van der Waals surface area contributed by atoms with E-state index in [0.29, 0.717) is 5.39 Å². The fourth-order valence-corrected chi connectivity index (χ4v) is 3.52. The van der Waals surface area contributed by atoms with Crippen molar-refractivity contribution in [2.45, 2.75) is 12.3 Å². The second kappa shape index (κ2) is 6.02. The summed E-state index contributed by atoms with van der Waals surface area (Å²) in [7, 11) is 0. The van der Waals surface area contributed by atoms with Crippen LogP contribution < -0.4 is 0 Å². The molecule has 4 rings (SSSR count). The van der Waals surface area contributed by atoms with E-state index in [9.17, 15) is 18.0 Å². The number of rotatable bonds is 3. The van der Waals surface area contributed by atoms with Crippen LogP contribution in [0.25, 0.3) is 32.3 Å². The average molecular weight is 377 g/mol. The number of alkyl halides is 4. The van der Waals surface area contributed by atoms with Gasteiger partial charge in [0.1, 0.15) is 5.88 Å². The highest BCUT2D eigenvalue weighted by molar-refractivity contribution is 6.26. The van der Waals surface area contributed by atoms with Crippen molar-refractivity contribution in [1.82, 2.24) is 0 Å². The number of carbonyl (C=O) groups is 1. The summed E-state index contributed by atoms with van der Waals surface area (Å²) in [6.45, 7) is 0. The molecule has 0 fully saturated rings. The normalized spacial score (nSPS) is 13.5. The van der Waals surface area contributed by atoms with Crippen LogP contribution >= 0.6 is 11.6 Å². The van der Waals surface area contributed by atoms with Crippen molar-refractivity contribution in [2.75, 3.05) is 5.88 Å². The molecule has 4 aromatic rings. The Morgan fingerprint density at radius 3 is 2.12 bits per heavy atom. The lowest BCUT2D eigenvalue weighted by Gasteiger charge is -2.23. The third kappa shape index (κ3) is 2.63. The van der Waals surface area contributed by atoms with Crippen LogP contribution in [0, 0.1) is 0 Å². The van der Waals surface area contributed by atoms with E-state index in [1.807, 2.05) is 30.3 Å². The lowest BCUT2D eigenvalue weighted by molar-refractivity contribution is -0.222. The van der Waals surface area contributed by atoms with Gasteiger partial charge in [0.15, 0.2) is 0 Å². The second-order valence-electron chi connectivity index (χ2n) is 6.06. The van der Waals surface area contributed by atoms with Crippen LogP contribution in [0.4, 0.5) is 13.2 Å². The minimum atomic E-state index is -4.75. The summed E-state index contributed by atoms with van der Waals surface area (Å²) in [4.78, 5) is 11.5. The van der Waals surface area contributed by atoms with Gasteiger partial charge in [-0.25, -0.2) is 0 Å². The van der Waals surface area contributed by atoms with E-state index in [0.717, 1.165) is 26.9 Å². The van der Waals surface area contributed by atoms with Gasteiger partial charge in [-0.3, -0.25) is 4.79 Å². The van der Waals surface area contributed by atoms with Crippen LogP contribution in [0.2, 0.25) is 0 Å². The zero-order valence-corrected chi connectivity index (χ0v) is 14.1. The van der Waals surface area contributed by atoms with Crippen molar-refractivity contribution in [1.29, 1.82) is 0 Å². The maximum Gasteiger partial charge on any atom is 0.429 e. The van der Waals surface area contributed by atoms with Gasteiger partial charge in [0.2, 0.25) is 6.10 Å². The van der Waals surface area contributed by atoms with E-state index in [4.69, 9.17) is 11.6 Å². The largest absolute Gasteiger partial charge is 0.447 e. The van der Waals surface area contributed by atoms with E-state index in [-0.39, 0.29) is 5.56 Å². The van der Waals surface area contributed by atoms with Gasteiger partial charge in [-0.2, -0.15) is 13.2 Å². The van der Waals surface area contributed by atoms with E-state index in [2.05, 4.69) is 4.74 Å². The van der Waals surface area contributed by atoms with Crippen LogP contribution in [-0.4, -0.2) is 18.0 Å². The summed E-state index contributed by atoms with van der Waals surface area (Å²) in [6, 6.07) is 16.0. The first-order valence-corrected chi connectivity index (χ1v) is 8.42. The number of ether oxygens (including phenoxy) is 1. The third-order valence-corrected chi connectivity index (χ3v) is 4.72. The van der Waals surface area contributed by atoms with Crippen molar-refractivity contribution in [3.05, 3.63) is 60.2 Å². The second-order valence-corrected chi connectivity index (χ2v) is 6.32. The van der Waals surface area contributed by atoms with Gasteiger partial charge in [0.25, 0.3) is 0 Å². The quantitative estimate of drug-likeness (QED) is 0.250. The van der Waals surface area contributed by atoms with Gasteiger partial charge in [-0.1, -0.05) is 54.6 Å². The molecule has 6 heteroatoms. The van der Waals surface area contributed by atoms with Crippen molar-refractivity contribution < 1.29 is 22.7 Å². The van der Waals surface area contributed by atoms with Crippen LogP contribution in [0.1, 0.15) is 11.7 Å². The highest BCUT2D eigenvalue weighted by Gasteiger charge is 2.44. The average Bonchev–Trinajstić information content (AvgIpc) is 2.63. The zero-order valence-electron chi connectivity index (χ0n) is 13.3. The number of halogens is 4. The molecule has 2 nitrogen and oxygen atoms in total. The molecule has 0 unspecified atom stereocenters. The van der Waals surface area contributed by atoms with E-state index < -0.39 is 24.1 Å². The molecule has 0 spiro atoms. The third-order valence-electron chi connectivity index (χ3n) is 4.50. The van der Waals surface area contributed by atoms with Gasteiger partial charge in [0.05, 0.1) is 0 Å². The smallest absolute Gasteiger partial charge is 0.429 e. The predicted octanol–water partition coefficient (Wildman–Crippen LogP) is 5.97. The van der Waals surface area contributed by atoms with E-state index in [1.165, 1.54) is 6.07 Å². The van der Waals surface area contributed by atoms with Crippen molar-refractivity contribution in [3.63, 3.8) is 0 Å².